The Bertz CT molecular complexity index is 271. The molecule has 0 aromatic heterocycles. The molecule has 0 spiro atoms. The fourth-order valence-electron chi connectivity index (χ4n) is 0.585. The molecule has 0 aliphatic carbocycles. The molecule has 0 aromatic rings. The number of carbonyl (C=O) groups excluding carboxylic acids is 2. The summed E-state index contributed by atoms with van der Waals surface area (Å²) >= 11 is 0. The number of hydrogen-bond donors (Lipinski definition) is 4. The van der Waals surface area contributed by atoms with Crippen LogP contribution < -0.4 is 0 Å². The molecule has 1 rings (SSSR count). The van der Waals surface area contributed by atoms with Gasteiger partial charge in [0, 0.05) is 0 Å². The summed E-state index contributed by atoms with van der Waals surface area (Å²) in [5.74, 6) is -2.30. The van der Waals surface area contributed by atoms with Gasteiger partial charge in [-0.05, 0) is 0 Å². The highest BCUT2D eigenvalue weighted by Gasteiger charge is 2.39. The Morgan fingerprint density at radius 2 is 1.58 bits per heavy atom. The highest BCUT2D eigenvalue weighted by Crippen LogP contribution is 2.04. The molecular weight excluding hydrogens is 168 g/mol. The van der Waals surface area contributed by atoms with E-state index in [2.05, 4.69) is 0 Å². The molecule has 8 heteroatoms. The number of urea groups is 1. The molecule has 0 unspecified atom stereocenters. The molecule has 1 aliphatic heterocycles. The van der Waals surface area contributed by atoms with Crippen molar-refractivity contribution in [1.29, 1.82) is 10.8 Å². The lowest BCUT2D eigenvalue weighted by atomic mass is 10.3. The van der Waals surface area contributed by atoms with Crippen molar-refractivity contribution >= 4 is 23.5 Å². The number of imide groups is 1. The molecule has 0 atom stereocenters. The number of nitrogens with zero attached hydrogens (tertiary/aromatic N) is 2. The fraction of sp³-hybridized carbons (Fsp3) is 0. The number of carbonyl (C=O) groups is 2. The number of rotatable bonds is 0. The van der Waals surface area contributed by atoms with Crippen LogP contribution in [-0.2, 0) is 4.79 Å². The van der Waals surface area contributed by atoms with Crippen molar-refractivity contribution in [2.45, 2.75) is 0 Å². The number of hydroxylamine groups is 4. The summed E-state index contributed by atoms with van der Waals surface area (Å²) in [5.41, 5.74) is -0.959. The minimum absolute atomic E-state index is 0.302. The van der Waals surface area contributed by atoms with Crippen LogP contribution in [0.25, 0.3) is 0 Å². The van der Waals surface area contributed by atoms with Gasteiger partial charge >= 0.3 is 11.9 Å². The van der Waals surface area contributed by atoms with Gasteiger partial charge in [0.2, 0.25) is 0 Å². The summed E-state index contributed by atoms with van der Waals surface area (Å²) < 4.78 is 0. The van der Waals surface area contributed by atoms with Crippen molar-refractivity contribution in [1.82, 2.24) is 10.1 Å². The first kappa shape index (κ1) is 8.30. The third-order valence-corrected chi connectivity index (χ3v) is 1.22. The second-order valence-corrected chi connectivity index (χ2v) is 1.93. The minimum Gasteiger partial charge on any atom is -0.292 e. The maximum absolute atomic E-state index is 10.6. The van der Waals surface area contributed by atoms with Crippen LogP contribution in [0.5, 0.6) is 0 Å². The third-order valence-electron chi connectivity index (χ3n) is 1.22. The average Bonchev–Trinajstić information content (AvgIpc) is 2.08. The highest BCUT2D eigenvalue weighted by molar-refractivity contribution is 6.67. The molecule has 1 fully saturated rings. The van der Waals surface area contributed by atoms with E-state index in [-0.39, 0.29) is 5.06 Å². The lowest BCUT2D eigenvalue weighted by Gasteiger charge is -2.25. The zero-order valence-corrected chi connectivity index (χ0v) is 5.61. The molecule has 3 amide bonds. The van der Waals surface area contributed by atoms with Crippen LogP contribution in [0, 0.1) is 10.8 Å². The largest absolute Gasteiger partial charge is 0.381 e. The van der Waals surface area contributed by atoms with E-state index < -0.39 is 28.5 Å². The summed E-state index contributed by atoms with van der Waals surface area (Å²) in [7, 11) is 0. The zero-order valence-electron chi connectivity index (χ0n) is 5.61. The topological polar surface area (TPSA) is 129 Å². The van der Waals surface area contributed by atoms with Crippen LogP contribution in [0.1, 0.15) is 0 Å². The minimum atomic E-state index is -1.47. The Morgan fingerprint density at radius 3 is 2.08 bits per heavy atom. The predicted octanol–water partition coefficient (Wildman–Crippen LogP) is -0.974. The van der Waals surface area contributed by atoms with Crippen molar-refractivity contribution in [3.05, 3.63) is 0 Å². The van der Waals surface area contributed by atoms with Crippen molar-refractivity contribution < 1.29 is 20.0 Å². The zero-order chi connectivity index (χ0) is 9.46. The van der Waals surface area contributed by atoms with E-state index in [4.69, 9.17) is 21.2 Å². The van der Waals surface area contributed by atoms with Gasteiger partial charge in [-0.1, -0.05) is 0 Å². The molecule has 1 saturated heterocycles. The second kappa shape index (κ2) is 2.36. The smallest absolute Gasteiger partial charge is 0.292 e. The third kappa shape index (κ3) is 0.863. The van der Waals surface area contributed by atoms with Crippen molar-refractivity contribution in [3.63, 3.8) is 0 Å². The van der Waals surface area contributed by atoms with E-state index in [0.29, 0.717) is 0 Å². The first-order valence-corrected chi connectivity index (χ1v) is 2.70. The quantitative estimate of drug-likeness (QED) is 0.350. The van der Waals surface area contributed by atoms with E-state index >= 15 is 0 Å². The van der Waals surface area contributed by atoms with Crippen molar-refractivity contribution in [2.75, 3.05) is 0 Å². The molecule has 0 aromatic carbocycles. The molecule has 0 saturated carbocycles. The van der Waals surface area contributed by atoms with Gasteiger partial charge in [-0.15, -0.1) is 10.1 Å². The summed E-state index contributed by atoms with van der Waals surface area (Å²) in [6.07, 6.45) is 0. The van der Waals surface area contributed by atoms with Gasteiger partial charge < -0.3 is 0 Å². The van der Waals surface area contributed by atoms with Crippen LogP contribution in [0.2, 0.25) is 0 Å². The summed E-state index contributed by atoms with van der Waals surface area (Å²) in [6.45, 7) is 0. The van der Waals surface area contributed by atoms with Gasteiger partial charge in [-0.25, -0.2) is 4.79 Å². The maximum Gasteiger partial charge on any atom is 0.381 e. The molecule has 64 valence electrons. The molecule has 0 bridgehead atoms. The average molecular weight is 172 g/mol. The maximum atomic E-state index is 10.6. The van der Waals surface area contributed by atoms with Crippen LogP contribution in [0.15, 0.2) is 0 Å². The molecular formula is C4H4N4O4. The van der Waals surface area contributed by atoms with Crippen LogP contribution in [-0.4, -0.2) is 44.0 Å². The molecule has 12 heavy (non-hydrogen) atoms. The molecule has 8 nitrogen and oxygen atoms in total. The SMILES string of the molecule is N=C1C(=N)N(O)C(=O)N(O)C1=O. The Labute approximate surface area is 65.5 Å². The Kier molecular flexibility index (Phi) is 1.63. The second-order valence-electron chi connectivity index (χ2n) is 1.93. The monoisotopic (exact) mass is 172 g/mol. The highest BCUT2D eigenvalue weighted by atomic mass is 16.6. The lowest BCUT2D eigenvalue weighted by Crippen LogP contribution is -2.57. The summed E-state index contributed by atoms with van der Waals surface area (Å²) in [6, 6.07) is -1.47. The molecule has 0 radical (unpaired) electrons. The van der Waals surface area contributed by atoms with E-state index in [1.165, 1.54) is 0 Å². The Hall–Kier alpha value is -1.80. The van der Waals surface area contributed by atoms with Gasteiger partial charge in [-0.3, -0.25) is 26.0 Å². The predicted molar refractivity (Wildman–Crippen MR) is 33.1 cm³/mol. The molecule has 1 heterocycles. The molecule has 4 N–H and O–H groups in total. The fourth-order valence-corrected chi connectivity index (χ4v) is 0.585. The van der Waals surface area contributed by atoms with Crippen LogP contribution in [0.3, 0.4) is 0 Å². The van der Waals surface area contributed by atoms with Crippen LogP contribution >= 0.6 is 0 Å². The number of hydrogen-bond acceptors (Lipinski definition) is 6. The van der Waals surface area contributed by atoms with Gasteiger partial charge in [0.1, 0.15) is 0 Å². The first-order valence-electron chi connectivity index (χ1n) is 2.70. The van der Waals surface area contributed by atoms with Crippen molar-refractivity contribution in [3.8, 4) is 0 Å². The van der Waals surface area contributed by atoms with Gasteiger partial charge in [-0.2, -0.15) is 0 Å². The normalized spacial score (nSPS) is 19.2. The number of amides is 3. The Balaban J connectivity index is 3.07. The van der Waals surface area contributed by atoms with Gasteiger partial charge in [0.15, 0.2) is 11.5 Å². The van der Waals surface area contributed by atoms with Gasteiger partial charge in [0.25, 0.3) is 0 Å². The number of amidine groups is 1. The number of nitrogens with one attached hydrogen (secondary N) is 2. The van der Waals surface area contributed by atoms with Crippen molar-refractivity contribution in [2.24, 2.45) is 0 Å². The standard InChI is InChI=1S/C4H4N4O4/c5-1-2(6)7(11)4(10)8(12)3(1)9/h5-6,11-12H. The van der Waals surface area contributed by atoms with Gasteiger partial charge in [0.05, 0.1) is 0 Å². The first-order chi connectivity index (χ1) is 5.46. The lowest BCUT2D eigenvalue weighted by molar-refractivity contribution is -0.152. The molecule has 1 aliphatic rings. The van der Waals surface area contributed by atoms with E-state index in [1.54, 1.807) is 0 Å². The summed E-state index contributed by atoms with van der Waals surface area (Å²) in [4.78, 5) is 21.2. The van der Waals surface area contributed by atoms with E-state index in [0.717, 1.165) is 0 Å². The van der Waals surface area contributed by atoms with E-state index in [1.807, 2.05) is 0 Å². The van der Waals surface area contributed by atoms with E-state index in [9.17, 15) is 9.59 Å². The summed E-state index contributed by atoms with van der Waals surface area (Å²) in [5, 5.41) is 30.2. The Morgan fingerprint density at radius 1 is 1.08 bits per heavy atom. The van der Waals surface area contributed by atoms with Crippen LogP contribution in [0.4, 0.5) is 4.79 Å².